The van der Waals surface area contributed by atoms with Crippen LogP contribution in [-0.4, -0.2) is 61.2 Å². The number of carbonyl (C=O) groups is 4. The molecule has 0 saturated heterocycles. The summed E-state index contributed by atoms with van der Waals surface area (Å²) < 4.78 is 33.2. The Morgan fingerprint density at radius 3 is 1.38 bits per heavy atom. The molecule has 14 heteroatoms. The summed E-state index contributed by atoms with van der Waals surface area (Å²) in [4.78, 5) is 57.3. The van der Waals surface area contributed by atoms with Crippen LogP contribution in [0.3, 0.4) is 0 Å². The maximum Gasteiger partial charge on any atom is 1.00 e. The predicted molar refractivity (Wildman–Crippen MR) is 210 cm³/mol. The van der Waals surface area contributed by atoms with Crippen molar-refractivity contribution < 1.29 is 81.8 Å². The van der Waals surface area contributed by atoms with E-state index in [0.29, 0.717) is 12.8 Å². The van der Waals surface area contributed by atoms with Gasteiger partial charge in [0.2, 0.25) is 5.91 Å². The van der Waals surface area contributed by atoms with Gasteiger partial charge in [0.25, 0.3) is 0 Å². The molecular weight excluding hydrogens is 736 g/mol. The van der Waals surface area contributed by atoms with Gasteiger partial charge in [-0.3, -0.25) is 23.4 Å². The van der Waals surface area contributed by atoms with Gasteiger partial charge < -0.3 is 29.6 Å². The normalized spacial score (nSPS) is 12.7. The second-order valence-electron chi connectivity index (χ2n) is 14.6. The van der Waals surface area contributed by atoms with E-state index in [-0.39, 0.29) is 68.6 Å². The Bertz CT molecular complexity index is 988. The summed E-state index contributed by atoms with van der Waals surface area (Å²) >= 11 is 0. The van der Waals surface area contributed by atoms with Crippen LogP contribution in [0.1, 0.15) is 206 Å². The van der Waals surface area contributed by atoms with Crippen LogP contribution < -0.4 is 40.0 Å². The first kappa shape index (κ1) is 56.1. The minimum absolute atomic E-state index is 0. The van der Waals surface area contributed by atoms with Gasteiger partial charge in [-0.2, -0.15) is 0 Å². The van der Waals surface area contributed by atoms with Crippen molar-refractivity contribution in [3.63, 3.8) is 0 Å². The number of carboxylic acids is 1. The molecule has 1 unspecified atom stereocenters. The van der Waals surface area contributed by atoms with E-state index >= 15 is 0 Å². The van der Waals surface area contributed by atoms with Crippen molar-refractivity contribution in [1.82, 2.24) is 5.32 Å². The summed E-state index contributed by atoms with van der Waals surface area (Å²) in [6.07, 6.45) is 29.4. The Kier molecular flexibility index (Phi) is 42.0. The molecule has 0 aromatic heterocycles. The summed E-state index contributed by atoms with van der Waals surface area (Å²) in [6, 6.07) is 0. The Morgan fingerprint density at radius 2 is 0.964 bits per heavy atom. The molecule has 0 aliphatic rings. The Balaban J connectivity index is 0. The number of rotatable bonds is 41. The number of hydrogen-bond donors (Lipinski definition) is 2. The molecule has 1 amide bonds. The largest absolute Gasteiger partial charge is 1.00 e. The monoisotopic (exact) mass is 814 g/mol. The van der Waals surface area contributed by atoms with Crippen molar-refractivity contribution >= 4 is 31.6 Å². The van der Waals surface area contributed by atoms with Crippen LogP contribution in [0, 0.1) is 0 Å². The number of hydrogen-bond acceptors (Lipinski definition) is 10. The maximum atomic E-state index is 12.6. The molecule has 0 aromatic rings. The quantitative estimate of drug-likeness (QED) is 0.0312. The fraction of sp³-hybridized carbons (Fsp3) is 0.902. The Labute approximate surface area is 356 Å². The zero-order valence-electron chi connectivity index (χ0n) is 35.1. The molecule has 318 valence electrons. The van der Waals surface area contributed by atoms with E-state index in [0.717, 1.165) is 38.5 Å². The van der Waals surface area contributed by atoms with Crippen LogP contribution in [0.5, 0.6) is 0 Å². The molecule has 0 radical (unpaired) electrons. The van der Waals surface area contributed by atoms with E-state index in [1.165, 1.54) is 116 Å². The van der Waals surface area contributed by atoms with Gasteiger partial charge in [-0.25, -0.2) is 4.57 Å². The molecule has 2 N–H and O–H groups in total. The predicted octanol–water partition coefficient (Wildman–Crippen LogP) is 6.19. The molecule has 0 aliphatic carbocycles. The molecule has 0 aromatic carbocycles. The number of carboxylic acid groups (broad SMARTS) is 1. The molecule has 0 bridgehead atoms. The smallest absolute Gasteiger partial charge is 0.550 e. The zero-order valence-corrected chi connectivity index (χ0v) is 38.0. The molecule has 0 saturated carbocycles. The molecule has 0 spiro atoms. The number of carbonyl (C=O) groups excluding carboxylic acids is 4. The Hall–Kier alpha value is -1.01. The van der Waals surface area contributed by atoms with E-state index in [2.05, 4.69) is 19.2 Å². The molecule has 55 heavy (non-hydrogen) atoms. The molecule has 0 fully saturated rings. The number of esters is 2. The van der Waals surface area contributed by atoms with E-state index in [1.54, 1.807) is 0 Å². The minimum Gasteiger partial charge on any atom is -0.550 e. The average Bonchev–Trinajstić information content (AvgIpc) is 3.14. The van der Waals surface area contributed by atoms with Gasteiger partial charge in [-0.1, -0.05) is 168 Å². The van der Waals surface area contributed by atoms with E-state index in [4.69, 9.17) is 18.5 Å². The third-order valence-corrected chi connectivity index (χ3v) is 10.3. The molecule has 0 rings (SSSR count). The van der Waals surface area contributed by atoms with Gasteiger partial charge >= 0.3 is 49.3 Å². The third-order valence-electron chi connectivity index (χ3n) is 9.36. The van der Waals surface area contributed by atoms with Crippen molar-refractivity contribution in [2.75, 3.05) is 26.4 Å². The second-order valence-corrected chi connectivity index (χ2v) is 16.1. The van der Waals surface area contributed by atoms with Gasteiger partial charge in [0.1, 0.15) is 6.61 Å². The number of phosphoric acid groups is 1. The number of phosphoric ester groups is 1. The first-order valence-electron chi connectivity index (χ1n) is 21.5. The molecule has 2 atom stereocenters. The van der Waals surface area contributed by atoms with E-state index in [9.17, 15) is 33.7 Å². The second kappa shape index (κ2) is 41.2. The number of ether oxygens (including phenoxy) is 2. The van der Waals surface area contributed by atoms with Gasteiger partial charge in [0.15, 0.2) is 6.10 Å². The zero-order chi connectivity index (χ0) is 40.0. The standard InChI is InChI=1S/C41H78NO11P.Na/c1-3-5-7-9-11-13-15-17-19-21-23-25-27-29-40(46)50-35-37(36-52-54(48,49)51-34-33-42-38(43)31-32-39(44)45)53-41(47)30-28-26-24-22-20-18-16-14-12-10-8-6-4-2;/h37H,3-36H2,1-2H3,(H,42,43)(H,44,45)(H,48,49);/q;+1/p-1/t37-;/m1./s1. The molecular formula is C41H77NNaO11P. The molecule has 0 heterocycles. The van der Waals surface area contributed by atoms with Crippen molar-refractivity contribution in [3.8, 4) is 0 Å². The van der Waals surface area contributed by atoms with Crippen LogP contribution >= 0.6 is 7.82 Å². The number of nitrogens with one attached hydrogen (secondary N) is 1. The van der Waals surface area contributed by atoms with Crippen LogP contribution in [-0.2, 0) is 42.3 Å². The summed E-state index contributed by atoms with van der Waals surface area (Å²) in [5, 5.41) is 12.8. The van der Waals surface area contributed by atoms with Crippen LogP contribution in [0.25, 0.3) is 0 Å². The summed E-state index contributed by atoms with van der Waals surface area (Å²) in [7, 11) is -4.61. The first-order valence-corrected chi connectivity index (χ1v) is 23.0. The van der Waals surface area contributed by atoms with Gasteiger partial charge in [0.05, 0.1) is 13.2 Å². The SMILES string of the molecule is CCCCCCCCCCCCCCCC(=O)OC[C@H](COP(=O)(O)OCCNC(=O)CCC(=O)[O-])OC(=O)CCCCCCCCCCCCCCC.[Na+]. The van der Waals surface area contributed by atoms with Crippen molar-refractivity contribution in [2.45, 2.75) is 213 Å². The van der Waals surface area contributed by atoms with E-state index < -0.39 is 50.8 Å². The van der Waals surface area contributed by atoms with Gasteiger partial charge in [0, 0.05) is 31.8 Å². The summed E-state index contributed by atoms with van der Waals surface area (Å²) in [5.74, 6) is -2.88. The van der Waals surface area contributed by atoms with E-state index in [1.807, 2.05) is 0 Å². The minimum atomic E-state index is -4.61. The number of amides is 1. The van der Waals surface area contributed by atoms with Gasteiger partial charge in [-0.15, -0.1) is 0 Å². The number of unbranched alkanes of at least 4 members (excludes halogenated alkanes) is 24. The van der Waals surface area contributed by atoms with Crippen molar-refractivity contribution in [3.05, 3.63) is 0 Å². The third kappa shape index (κ3) is 42.4. The summed E-state index contributed by atoms with van der Waals surface area (Å²) in [6.45, 7) is 3.06. The first-order chi connectivity index (χ1) is 26.1. The van der Waals surface area contributed by atoms with Crippen molar-refractivity contribution in [2.24, 2.45) is 0 Å². The van der Waals surface area contributed by atoms with Crippen molar-refractivity contribution in [1.29, 1.82) is 0 Å². The molecule has 12 nitrogen and oxygen atoms in total. The Morgan fingerprint density at radius 1 is 0.564 bits per heavy atom. The van der Waals surface area contributed by atoms with Crippen LogP contribution in [0.4, 0.5) is 0 Å². The maximum absolute atomic E-state index is 12.6. The van der Waals surface area contributed by atoms with Crippen LogP contribution in [0.15, 0.2) is 0 Å². The molecule has 0 aliphatic heterocycles. The van der Waals surface area contributed by atoms with Gasteiger partial charge in [-0.05, 0) is 19.3 Å². The average molecular weight is 814 g/mol. The number of aliphatic carboxylic acids is 1. The topological polar surface area (TPSA) is 178 Å². The fourth-order valence-corrected chi connectivity index (χ4v) is 6.81. The fourth-order valence-electron chi connectivity index (χ4n) is 6.06. The van der Waals surface area contributed by atoms with Crippen LogP contribution in [0.2, 0.25) is 0 Å². The summed E-state index contributed by atoms with van der Waals surface area (Å²) in [5.41, 5.74) is 0.